The first-order chi connectivity index (χ1) is 19.2. The van der Waals surface area contributed by atoms with E-state index in [0.717, 1.165) is 38.5 Å². The topological polar surface area (TPSA) is 147 Å². The molecule has 13 heteroatoms. The molecule has 41 heavy (non-hydrogen) atoms. The van der Waals surface area contributed by atoms with Gasteiger partial charge >= 0.3 is 41.5 Å². The summed E-state index contributed by atoms with van der Waals surface area (Å²) in [5, 5.41) is -2.19. The van der Waals surface area contributed by atoms with Crippen LogP contribution < -0.4 is 29.6 Å². The van der Waals surface area contributed by atoms with Crippen molar-refractivity contribution >= 4 is 22.1 Å². The van der Waals surface area contributed by atoms with E-state index in [1.165, 1.54) is 12.8 Å². The van der Waals surface area contributed by atoms with Gasteiger partial charge in [0.25, 0.3) is 0 Å². The predicted octanol–water partition coefficient (Wildman–Crippen LogP) is 0.880. The summed E-state index contributed by atoms with van der Waals surface area (Å²) in [4.78, 5) is 24.1. The molecule has 0 amide bonds. The molecule has 0 bridgehead atoms. The quantitative estimate of drug-likeness (QED) is 0.0532. The Morgan fingerprint density at radius 3 is 1.49 bits per heavy atom. The molecule has 0 heterocycles. The Morgan fingerprint density at radius 2 is 1.07 bits per heavy atom. The zero-order valence-electron chi connectivity index (χ0n) is 26.1. The molecule has 0 aromatic rings. The van der Waals surface area contributed by atoms with E-state index in [4.69, 9.17) is 28.4 Å². The Hall–Kier alpha value is -0.310. The first kappa shape index (κ1) is 42.8. The van der Waals surface area contributed by atoms with Gasteiger partial charge in [-0.2, -0.15) is 0 Å². The van der Waals surface area contributed by atoms with E-state index >= 15 is 0 Å². The van der Waals surface area contributed by atoms with Crippen molar-refractivity contribution in [2.24, 2.45) is 11.8 Å². The summed E-state index contributed by atoms with van der Waals surface area (Å²) >= 11 is 0. The zero-order chi connectivity index (χ0) is 30.1. The van der Waals surface area contributed by atoms with Crippen LogP contribution in [0.1, 0.15) is 85.5 Å². The molecule has 3 unspecified atom stereocenters. The number of hydrogen-bond acceptors (Lipinski definition) is 11. The Kier molecular flexibility index (Phi) is 29.7. The third-order valence-corrected chi connectivity index (χ3v) is 7.52. The fraction of sp³-hybridized carbons (Fsp3) is 0.929. The van der Waals surface area contributed by atoms with E-state index in [9.17, 15) is 22.6 Å². The first-order valence-electron chi connectivity index (χ1n) is 14.8. The van der Waals surface area contributed by atoms with Crippen molar-refractivity contribution in [3.63, 3.8) is 0 Å². The Balaban J connectivity index is 0. The number of ether oxygens (including phenoxy) is 6. The van der Waals surface area contributed by atoms with Crippen LogP contribution >= 0.6 is 0 Å². The molecule has 0 radical (unpaired) electrons. The van der Waals surface area contributed by atoms with Gasteiger partial charge in [0.05, 0.1) is 46.1 Å². The van der Waals surface area contributed by atoms with Crippen molar-refractivity contribution in [3.05, 3.63) is 0 Å². The van der Waals surface area contributed by atoms with Crippen molar-refractivity contribution in [1.29, 1.82) is 0 Å². The molecule has 11 nitrogen and oxygen atoms in total. The summed E-state index contributed by atoms with van der Waals surface area (Å²) in [5.41, 5.74) is 0. The van der Waals surface area contributed by atoms with Crippen LogP contribution in [-0.2, 0) is 48.1 Å². The summed E-state index contributed by atoms with van der Waals surface area (Å²) < 4.78 is 66.2. The van der Waals surface area contributed by atoms with Crippen molar-refractivity contribution in [2.45, 2.75) is 90.7 Å². The average molecular weight is 621 g/mol. The molecule has 0 aliphatic carbocycles. The molecule has 0 rings (SSSR count). The predicted molar refractivity (Wildman–Crippen MR) is 150 cm³/mol. The standard InChI is InChI=1S/C28H54O11S.Na/c1-5-9-11-24(7-3)22-36-15-13-34-17-19-38-27(29)21-26(40(31,32)33)28(30)39-20-18-35-14-16-37-23-25(8-4)12-10-6-2;/h24-26H,5-23H2,1-4H3,(H,31,32,33);/q;+1/p-1. The second kappa shape index (κ2) is 28.5. The van der Waals surface area contributed by atoms with E-state index in [2.05, 4.69) is 27.7 Å². The summed E-state index contributed by atoms with van der Waals surface area (Å²) in [7, 11) is -5.13. The number of carbonyl (C=O) groups excluding carboxylic acids is 2. The Bertz CT molecular complexity index is 737. The van der Waals surface area contributed by atoms with Crippen LogP contribution in [-0.4, -0.2) is 96.2 Å². The van der Waals surface area contributed by atoms with Crippen LogP contribution in [0.25, 0.3) is 0 Å². The fourth-order valence-electron chi connectivity index (χ4n) is 3.76. The molecule has 0 fully saturated rings. The number of esters is 2. The molecular weight excluding hydrogens is 567 g/mol. The van der Waals surface area contributed by atoms with Gasteiger partial charge in [-0.3, -0.25) is 9.59 Å². The van der Waals surface area contributed by atoms with Crippen LogP contribution in [0, 0.1) is 11.8 Å². The molecule has 3 atom stereocenters. The van der Waals surface area contributed by atoms with Crippen LogP contribution in [0.5, 0.6) is 0 Å². The second-order valence-corrected chi connectivity index (χ2v) is 11.3. The van der Waals surface area contributed by atoms with Crippen LogP contribution in [0.2, 0.25) is 0 Å². The smallest absolute Gasteiger partial charge is 0.747 e. The molecule has 0 aliphatic heterocycles. The molecular formula is C28H53NaO11S. The fourth-order valence-corrected chi connectivity index (χ4v) is 4.40. The monoisotopic (exact) mass is 620 g/mol. The van der Waals surface area contributed by atoms with E-state index in [0.29, 0.717) is 44.9 Å². The number of carbonyl (C=O) groups is 2. The molecule has 0 saturated carbocycles. The van der Waals surface area contributed by atoms with Gasteiger partial charge < -0.3 is 33.0 Å². The minimum absolute atomic E-state index is 0. The Labute approximate surface area is 270 Å². The largest absolute Gasteiger partial charge is 1.00 e. The molecule has 0 saturated heterocycles. The normalized spacial score (nSPS) is 13.7. The molecule has 0 N–H and O–H groups in total. The maximum absolute atomic E-state index is 12.1. The molecule has 238 valence electrons. The maximum atomic E-state index is 12.1. The molecule has 0 aromatic heterocycles. The van der Waals surface area contributed by atoms with E-state index < -0.39 is 33.7 Å². The molecule has 0 spiro atoms. The van der Waals surface area contributed by atoms with Gasteiger partial charge in [0.1, 0.15) is 23.3 Å². The van der Waals surface area contributed by atoms with Gasteiger partial charge in [0.15, 0.2) is 5.25 Å². The average Bonchev–Trinajstić information content (AvgIpc) is 2.92. The van der Waals surface area contributed by atoms with Gasteiger partial charge in [-0.25, -0.2) is 8.42 Å². The maximum Gasteiger partial charge on any atom is 1.00 e. The minimum Gasteiger partial charge on any atom is -0.747 e. The number of hydrogen-bond donors (Lipinski definition) is 0. The number of rotatable bonds is 28. The summed E-state index contributed by atoms with van der Waals surface area (Å²) in [5.74, 6) is -1.28. The van der Waals surface area contributed by atoms with Gasteiger partial charge in [-0.15, -0.1) is 0 Å². The van der Waals surface area contributed by atoms with Crippen LogP contribution in [0.4, 0.5) is 0 Å². The molecule has 0 aromatic carbocycles. The number of unbranched alkanes of at least 4 members (excludes halogenated alkanes) is 2. The summed E-state index contributed by atoms with van der Waals surface area (Å²) in [6.07, 6.45) is 8.10. The van der Waals surface area contributed by atoms with E-state index in [1.54, 1.807) is 0 Å². The Morgan fingerprint density at radius 1 is 0.659 bits per heavy atom. The van der Waals surface area contributed by atoms with Gasteiger partial charge in [0.2, 0.25) is 0 Å². The van der Waals surface area contributed by atoms with Crippen LogP contribution in [0.3, 0.4) is 0 Å². The third kappa shape index (κ3) is 24.8. The van der Waals surface area contributed by atoms with Gasteiger partial charge in [0, 0.05) is 13.2 Å². The van der Waals surface area contributed by atoms with Crippen molar-refractivity contribution in [1.82, 2.24) is 0 Å². The van der Waals surface area contributed by atoms with E-state index in [-0.39, 0.29) is 62.6 Å². The molecule has 0 aliphatic rings. The van der Waals surface area contributed by atoms with Crippen molar-refractivity contribution in [2.75, 3.05) is 66.1 Å². The van der Waals surface area contributed by atoms with Gasteiger partial charge in [-0.1, -0.05) is 66.2 Å². The van der Waals surface area contributed by atoms with E-state index in [1.807, 2.05) is 0 Å². The summed E-state index contributed by atoms with van der Waals surface area (Å²) in [6.45, 7) is 11.0. The van der Waals surface area contributed by atoms with Gasteiger partial charge in [-0.05, 0) is 24.7 Å². The third-order valence-electron chi connectivity index (χ3n) is 6.46. The SMILES string of the molecule is CCCCC(CC)COCCOCCOC(=O)CC(C(=O)OCCOCCOCC(CC)CCCC)S(=O)(=O)[O-].[Na+]. The zero-order valence-corrected chi connectivity index (χ0v) is 28.9. The van der Waals surface area contributed by atoms with Crippen molar-refractivity contribution < 1.29 is 80.5 Å². The first-order valence-corrected chi connectivity index (χ1v) is 16.2. The second-order valence-electron chi connectivity index (χ2n) is 9.78. The summed E-state index contributed by atoms with van der Waals surface area (Å²) in [6, 6.07) is 0. The van der Waals surface area contributed by atoms with Crippen molar-refractivity contribution in [3.8, 4) is 0 Å². The minimum atomic E-state index is -5.13. The van der Waals surface area contributed by atoms with Crippen LogP contribution in [0.15, 0.2) is 0 Å².